The van der Waals surface area contributed by atoms with Gasteiger partial charge in [-0.3, -0.25) is 5.32 Å². The zero-order valence-electron chi connectivity index (χ0n) is 11.1. The number of likely N-dealkylation sites (tertiary alicyclic amines) is 1. The minimum absolute atomic E-state index is 0.0761. The molecule has 2 aromatic rings. The number of carbonyl (C=O) groups is 1. The number of hydrogen-bond donors (Lipinski definition) is 1. The van der Waals surface area contributed by atoms with Crippen molar-refractivity contribution in [1.29, 1.82) is 0 Å². The molecule has 1 N–H and O–H groups in total. The molecule has 1 aliphatic heterocycles. The van der Waals surface area contributed by atoms with E-state index in [-0.39, 0.29) is 6.03 Å². The third kappa shape index (κ3) is 2.79. The van der Waals surface area contributed by atoms with Crippen LogP contribution in [0.2, 0.25) is 0 Å². The molecular weight excluding hydrogens is 254 g/mol. The molecule has 2 amide bonds. The molecule has 1 fully saturated rings. The molecule has 2 aromatic heterocycles. The Kier molecular flexibility index (Phi) is 3.62. The predicted molar refractivity (Wildman–Crippen MR) is 75.3 cm³/mol. The van der Waals surface area contributed by atoms with Crippen molar-refractivity contribution in [2.75, 3.05) is 18.4 Å². The lowest BCUT2D eigenvalue weighted by molar-refractivity contribution is 0.183. The van der Waals surface area contributed by atoms with Crippen LogP contribution in [0.15, 0.2) is 43.1 Å². The van der Waals surface area contributed by atoms with Crippen LogP contribution in [0.1, 0.15) is 18.9 Å². The van der Waals surface area contributed by atoms with Crippen LogP contribution in [0.3, 0.4) is 0 Å². The first kappa shape index (κ1) is 12.7. The van der Waals surface area contributed by atoms with Crippen molar-refractivity contribution in [3.8, 4) is 0 Å². The summed E-state index contributed by atoms with van der Waals surface area (Å²) in [5.41, 5.74) is 0. The minimum atomic E-state index is -0.0761. The van der Waals surface area contributed by atoms with Crippen molar-refractivity contribution in [2.24, 2.45) is 0 Å². The Morgan fingerprint density at radius 1 is 1.25 bits per heavy atom. The second kappa shape index (κ2) is 5.73. The summed E-state index contributed by atoms with van der Waals surface area (Å²) in [6.45, 7) is 1.50. The first-order chi connectivity index (χ1) is 9.83. The van der Waals surface area contributed by atoms with Crippen LogP contribution in [0.25, 0.3) is 0 Å². The molecule has 6 heteroatoms. The summed E-state index contributed by atoms with van der Waals surface area (Å²) in [6.07, 6.45) is 9.18. The van der Waals surface area contributed by atoms with Gasteiger partial charge in [-0.25, -0.2) is 14.8 Å². The SMILES string of the molecule is O=C(Nc1ccccn1)N1CCC(n2ccnc2)CC1. The van der Waals surface area contributed by atoms with Gasteiger partial charge in [-0.1, -0.05) is 6.07 Å². The topological polar surface area (TPSA) is 63.1 Å². The molecule has 1 saturated heterocycles. The number of hydrogen-bond acceptors (Lipinski definition) is 3. The highest BCUT2D eigenvalue weighted by Crippen LogP contribution is 2.22. The average molecular weight is 271 g/mol. The van der Waals surface area contributed by atoms with Crippen LogP contribution in [-0.2, 0) is 0 Å². The monoisotopic (exact) mass is 271 g/mol. The first-order valence-electron chi connectivity index (χ1n) is 6.77. The molecule has 0 spiro atoms. The van der Waals surface area contributed by atoms with E-state index in [0.717, 1.165) is 25.9 Å². The molecule has 0 aromatic carbocycles. The maximum Gasteiger partial charge on any atom is 0.323 e. The lowest BCUT2D eigenvalue weighted by Gasteiger charge is -2.32. The fourth-order valence-corrected chi connectivity index (χ4v) is 2.48. The molecule has 20 heavy (non-hydrogen) atoms. The van der Waals surface area contributed by atoms with Crippen LogP contribution in [0.4, 0.5) is 10.6 Å². The number of pyridine rings is 1. The van der Waals surface area contributed by atoms with Gasteiger partial charge < -0.3 is 9.47 Å². The number of carbonyl (C=O) groups excluding carboxylic acids is 1. The molecule has 0 atom stereocenters. The summed E-state index contributed by atoms with van der Waals surface area (Å²) in [4.78, 5) is 22.1. The lowest BCUT2D eigenvalue weighted by Crippen LogP contribution is -2.41. The molecule has 0 unspecified atom stereocenters. The van der Waals surface area contributed by atoms with E-state index in [1.165, 1.54) is 0 Å². The van der Waals surface area contributed by atoms with Crippen molar-refractivity contribution >= 4 is 11.8 Å². The number of anilines is 1. The molecule has 6 nitrogen and oxygen atoms in total. The van der Waals surface area contributed by atoms with Gasteiger partial charge in [-0.15, -0.1) is 0 Å². The Balaban J connectivity index is 1.54. The zero-order chi connectivity index (χ0) is 13.8. The fourth-order valence-electron chi connectivity index (χ4n) is 2.48. The number of nitrogens with zero attached hydrogens (tertiary/aromatic N) is 4. The Labute approximate surface area is 117 Å². The van der Waals surface area contributed by atoms with Crippen molar-refractivity contribution in [3.63, 3.8) is 0 Å². The van der Waals surface area contributed by atoms with Crippen LogP contribution in [0, 0.1) is 0 Å². The molecular formula is C14H17N5O. The quantitative estimate of drug-likeness (QED) is 0.910. The summed E-state index contributed by atoms with van der Waals surface area (Å²) in [7, 11) is 0. The zero-order valence-corrected chi connectivity index (χ0v) is 11.1. The van der Waals surface area contributed by atoms with Crippen LogP contribution in [0.5, 0.6) is 0 Å². The van der Waals surface area contributed by atoms with Gasteiger partial charge in [-0.2, -0.15) is 0 Å². The largest absolute Gasteiger partial charge is 0.334 e. The summed E-state index contributed by atoms with van der Waals surface area (Å²) in [6, 6.07) is 5.83. The number of imidazole rings is 1. The summed E-state index contributed by atoms with van der Waals surface area (Å²) >= 11 is 0. The second-order valence-electron chi connectivity index (χ2n) is 4.87. The van der Waals surface area contributed by atoms with E-state index in [1.807, 2.05) is 29.6 Å². The highest BCUT2D eigenvalue weighted by Gasteiger charge is 2.23. The standard InChI is InChI=1S/C14H17N5O/c20-14(17-13-3-1-2-6-16-13)18-8-4-12(5-9-18)19-10-7-15-11-19/h1-3,6-7,10-12H,4-5,8-9H2,(H,16,17,20). The molecule has 0 radical (unpaired) electrons. The van der Waals surface area contributed by atoms with E-state index in [9.17, 15) is 4.79 Å². The normalized spacial score (nSPS) is 16.1. The highest BCUT2D eigenvalue weighted by atomic mass is 16.2. The number of piperidine rings is 1. The van der Waals surface area contributed by atoms with E-state index in [1.54, 1.807) is 18.5 Å². The minimum Gasteiger partial charge on any atom is -0.334 e. The number of aromatic nitrogens is 3. The number of amides is 2. The second-order valence-corrected chi connectivity index (χ2v) is 4.87. The van der Waals surface area contributed by atoms with Gasteiger partial charge in [0.2, 0.25) is 0 Å². The number of urea groups is 1. The fraction of sp³-hybridized carbons (Fsp3) is 0.357. The molecule has 1 aliphatic rings. The Morgan fingerprint density at radius 2 is 2.10 bits per heavy atom. The van der Waals surface area contributed by atoms with Gasteiger partial charge in [0.1, 0.15) is 5.82 Å². The Hall–Kier alpha value is -2.37. The van der Waals surface area contributed by atoms with E-state index >= 15 is 0 Å². The van der Waals surface area contributed by atoms with E-state index in [2.05, 4.69) is 19.9 Å². The average Bonchev–Trinajstić information content (AvgIpc) is 3.03. The van der Waals surface area contributed by atoms with Crippen molar-refractivity contribution in [1.82, 2.24) is 19.4 Å². The predicted octanol–water partition coefficient (Wildman–Crippen LogP) is 2.15. The highest BCUT2D eigenvalue weighted by molar-refractivity contribution is 5.88. The number of rotatable bonds is 2. The molecule has 0 bridgehead atoms. The smallest absolute Gasteiger partial charge is 0.323 e. The van der Waals surface area contributed by atoms with Crippen LogP contribution < -0.4 is 5.32 Å². The van der Waals surface area contributed by atoms with Gasteiger partial charge >= 0.3 is 6.03 Å². The first-order valence-corrected chi connectivity index (χ1v) is 6.77. The number of nitrogens with one attached hydrogen (secondary N) is 1. The molecule has 104 valence electrons. The van der Waals surface area contributed by atoms with Gasteiger partial charge in [0.05, 0.1) is 6.33 Å². The lowest BCUT2D eigenvalue weighted by atomic mass is 10.1. The van der Waals surface area contributed by atoms with Crippen molar-refractivity contribution in [2.45, 2.75) is 18.9 Å². The summed E-state index contributed by atoms with van der Waals surface area (Å²) < 4.78 is 2.12. The van der Waals surface area contributed by atoms with Gasteiger partial charge in [0, 0.05) is 37.7 Å². The van der Waals surface area contributed by atoms with E-state index in [4.69, 9.17) is 0 Å². The Bertz CT molecular complexity index is 546. The third-order valence-electron chi connectivity index (χ3n) is 3.60. The van der Waals surface area contributed by atoms with Gasteiger partial charge in [-0.05, 0) is 25.0 Å². The molecule has 3 heterocycles. The van der Waals surface area contributed by atoms with Gasteiger partial charge in [0.25, 0.3) is 0 Å². The summed E-state index contributed by atoms with van der Waals surface area (Å²) in [5, 5.41) is 2.82. The molecule has 0 saturated carbocycles. The Morgan fingerprint density at radius 3 is 2.75 bits per heavy atom. The maximum absolute atomic E-state index is 12.1. The van der Waals surface area contributed by atoms with Crippen molar-refractivity contribution < 1.29 is 4.79 Å². The molecule has 0 aliphatic carbocycles. The van der Waals surface area contributed by atoms with Gasteiger partial charge in [0.15, 0.2) is 0 Å². The van der Waals surface area contributed by atoms with Crippen LogP contribution in [-0.4, -0.2) is 38.6 Å². The summed E-state index contributed by atoms with van der Waals surface area (Å²) in [5.74, 6) is 0.592. The molecule has 3 rings (SSSR count). The van der Waals surface area contributed by atoms with E-state index < -0.39 is 0 Å². The van der Waals surface area contributed by atoms with Crippen molar-refractivity contribution in [3.05, 3.63) is 43.1 Å². The maximum atomic E-state index is 12.1. The van der Waals surface area contributed by atoms with E-state index in [0.29, 0.717) is 11.9 Å². The third-order valence-corrected chi connectivity index (χ3v) is 3.60. The van der Waals surface area contributed by atoms with Crippen LogP contribution >= 0.6 is 0 Å².